The SMILES string of the molecule is N#CCCCCC(=O)c1c[nH]c2ccccc12. The Kier molecular flexibility index (Phi) is 3.56. The van der Waals surface area contributed by atoms with Gasteiger partial charge in [0.1, 0.15) is 0 Å². The van der Waals surface area contributed by atoms with E-state index in [0.29, 0.717) is 12.8 Å². The van der Waals surface area contributed by atoms with E-state index in [9.17, 15) is 4.79 Å². The van der Waals surface area contributed by atoms with E-state index in [1.807, 2.05) is 24.3 Å². The third-order valence-electron chi connectivity index (χ3n) is 2.83. The first-order chi connectivity index (χ1) is 8.33. The van der Waals surface area contributed by atoms with E-state index in [1.165, 1.54) is 0 Å². The molecule has 0 radical (unpaired) electrons. The number of carbonyl (C=O) groups excluding carboxylic acids is 1. The molecule has 0 fully saturated rings. The van der Waals surface area contributed by atoms with Crippen molar-refractivity contribution >= 4 is 16.7 Å². The molecule has 1 aromatic heterocycles. The molecule has 0 unspecified atom stereocenters. The van der Waals surface area contributed by atoms with Crippen molar-refractivity contribution in [2.45, 2.75) is 25.7 Å². The molecule has 3 heteroatoms. The van der Waals surface area contributed by atoms with Crippen LogP contribution in [0.3, 0.4) is 0 Å². The van der Waals surface area contributed by atoms with Gasteiger partial charge in [0.2, 0.25) is 0 Å². The summed E-state index contributed by atoms with van der Waals surface area (Å²) in [4.78, 5) is 15.1. The summed E-state index contributed by atoms with van der Waals surface area (Å²) in [5.74, 6) is 0.153. The zero-order chi connectivity index (χ0) is 12.1. The zero-order valence-corrected chi connectivity index (χ0v) is 9.57. The van der Waals surface area contributed by atoms with E-state index < -0.39 is 0 Å². The van der Waals surface area contributed by atoms with Crippen LogP contribution in [0, 0.1) is 11.3 Å². The first kappa shape index (κ1) is 11.4. The van der Waals surface area contributed by atoms with E-state index >= 15 is 0 Å². The molecule has 1 heterocycles. The molecule has 2 rings (SSSR count). The molecule has 1 aromatic carbocycles. The lowest BCUT2D eigenvalue weighted by Gasteiger charge is -1.98. The number of fused-ring (bicyclic) bond motifs is 1. The fraction of sp³-hybridized carbons (Fsp3) is 0.286. The van der Waals surface area contributed by atoms with Crippen LogP contribution in [-0.2, 0) is 0 Å². The quantitative estimate of drug-likeness (QED) is 0.627. The fourth-order valence-electron chi connectivity index (χ4n) is 1.93. The van der Waals surface area contributed by atoms with Gasteiger partial charge in [-0.2, -0.15) is 5.26 Å². The van der Waals surface area contributed by atoms with Gasteiger partial charge in [-0.1, -0.05) is 18.2 Å². The number of hydrogen-bond acceptors (Lipinski definition) is 2. The van der Waals surface area contributed by atoms with Gasteiger partial charge in [0.05, 0.1) is 6.07 Å². The van der Waals surface area contributed by atoms with Gasteiger partial charge in [-0.05, 0) is 18.9 Å². The smallest absolute Gasteiger partial charge is 0.165 e. The molecule has 0 atom stereocenters. The van der Waals surface area contributed by atoms with Crippen LogP contribution in [0.15, 0.2) is 30.5 Å². The van der Waals surface area contributed by atoms with Crippen molar-refractivity contribution in [3.05, 3.63) is 36.0 Å². The number of nitrogens with one attached hydrogen (secondary N) is 1. The number of benzene rings is 1. The van der Waals surface area contributed by atoms with Crippen molar-refractivity contribution in [2.24, 2.45) is 0 Å². The molecule has 0 saturated carbocycles. The lowest BCUT2D eigenvalue weighted by Crippen LogP contribution is -1.97. The Labute approximate surface area is 100 Å². The molecule has 0 saturated heterocycles. The van der Waals surface area contributed by atoms with Gasteiger partial charge >= 0.3 is 0 Å². The van der Waals surface area contributed by atoms with Crippen LogP contribution in [0.1, 0.15) is 36.0 Å². The zero-order valence-electron chi connectivity index (χ0n) is 9.57. The third kappa shape index (κ3) is 2.54. The highest BCUT2D eigenvalue weighted by atomic mass is 16.1. The van der Waals surface area contributed by atoms with Gasteiger partial charge in [-0.15, -0.1) is 0 Å². The van der Waals surface area contributed by atoms with Crippen molar-refractivity contribution in [1.29, 1.82) is 5.26 Å². The minimum atomic E-state index is 0.153. The molecule has 0 spiro atoms. The Morgan fingerprint density at radius 3 is 2.94 bits per heavy atom. The Morgan fingerprint density at radius 2 is 2.12 bits per heavy atom. The predicted molar refractivity (Wildman–Crippen MR) is 66.7 cm³/mol. The number of nitriles is 1. The first-order valence-electron chi connectivity index (χ1n) is 5.79. The first-order valence-corrected chi connectivity index (χ1v) is 5.79. The van der Waals surface area contributed by atoms with Crippen LogP contribution < -0.4 is 0 Å². The van der Waals surface area contributed by atoms with Crippen LogP contribution in [0.25, 0.3) is 10.9 Å². The number of H-pyrrole nitrogens is 1. The van der Waals surface area contributed by atoms with E-state index in [1.54, 1.807) is 6.20 Å². The van der Waals surface area contributed by atoms with E-state index in [4.69, 9.17) is 5.26 Å². The number of aromatic nitrogens is 1. The molecular formula is C14H14N2O. The van der Waals surface area contributed by atoms with Gasteiger partial charge in [-0.25, -0.2) is 0 Å². The maximum atomic E-state index is 12.0. The van der Waals surface area contributed by atoms with Crippen molar-refractivity contribution in [3.8, 4) is 6.07 Å². The lowest BCUT2D eigenvalue weighted by molar-refractivity contribution is 0.0981. The Morgan fingerprint density at radius 1 is 1.29 bits per heavy atom. The monoisotopic (exact) mass is 226 g/mol. The number of hydrogen-bond donors (Lipinski definition) is 1. The Bertz CT molecular complexity index is 563. The van der Waals surface area contributed by atoms with Gasteiger partial charge in [0.25, 0.3) is 0 Å². The largest absolute Gasteiger partial charge is 0.360 e. The summed E-state index contributed by atoms with van der Waals surface area (Å²) < 4.78 is 0. The normalized spacial score (nSPS) is 10.3. The molecule has 1 N–H and O–H groups in total. The van der Waals surface area contributed by atoms with Gasteiger partial charge in [-0.3, -0.25) is 4.79 Å². The molecule has 0 bridgehead atoms. The van der Waals surface area contributed by atoms with Crippen LogP contribution in [0.5, 0.6) is 0 Å². The number of para-hydroxylation sites is 1. The summed E-state index contributed by atoms with van der Waals surface area (Å²) in [5.41, 5.74) is 1.76. The Balaban J connectivity index is 2.07. The highest BCUT2D eigenvalue weighted by Crippen LogP contribution is 2.19. The second kappa shape index (κ2) is 5.31. The molecule has 0 aliphatic carbocycles. The van der Waals surface area contributed by atoms with E-state index in [2.05, 4.69) is 11.1 Å². The summed E-state index contributed by atoms with van der Waals surface area (Å²) in [5, 5.41) is 9.40. The number of carbonyl (C=O) groups is 1. The van der Waals surface area contributed by atoms with Crippen LogP contribution in [0.2, 0.25) is 0 Å². The molecule has 0 aliphatic heterocycles. The molecule has 0 amide bonds. The molecule has 0 aliphatic rings. The predicted octanol–water partition coefficient (Wildman–Crippen LogP) is 3.43. The maximum Gasteiger partial charge on any atom is 0.165 e. The number of rotatable bonds is 5. The van der Waals surface area contributed by atoms with Gasteiger partial charge in [0.15, 0.2) is 5.78 Å². The van der Waals surface area contributed by atoms with Gasteiger partial charge < -0.3 is 4.98 Å². The number of aromatic amines is 1. The van der Waals surface area contributed by atoms with Gasteiger partial charge in [0, 0.05) is 35.5 Å². The second-order valence-electron chi connectivity index (χ2n) is 4.04. The summed E-state index contributed by atoms with van der Waals surface area (Å²) in [6.45, 7) is 0. The minimum absolute atomic E-state index is 0.153. The van der Waals surface area contributed by atoms with E-state index in [-0.39, 0.29) is 5.78 Å². The van der Waals surface area contributed by atoms with Crippen molar-refractivity contribution in [3.63, 3.8) is 0 Å². The van der Waals surface area contributed by atoms with Crippen molar-refractivity contribution in [1.82, 2.24) is 4.98 Å². The number of ketones is 1. The van der Waals surface area contributed by atoms with Crippen molar-refractivity contribution < 1.29 is 4.79 Å². The summed E-state index contributed by atoms with van der Waals surface area (Å²) in [6, 6.07) is 9.88. The third-order valence-corrected chi connectivity index (χ3v) is 2.83. The second-order valence-corrected chi connectivity index (χ2v) is 4.04. The lowest BCUT2D eigenvalue weighted by atomic mass is 10.0. The molecule has 86 valence electrons. The highest BCUT2D eigenvalue weighted by Gasteiger charge is 2.10. The summed E-state index contributed by atoms with van der Waals surface area (Å²) in [7, 11) is 0. The molecule has 17 heavy (non-hydrogen) atoms. The number of unbranched alkanes of at least 4 members (excludes halogenated alkanes) is 2. The molecule has 2 aromatic rings. The highest BCUT2D eigenvalue weighted by molar-refractivity contribution is 6.07. The standard InChI is InChI=1S/C14H14N2O/c15-9-5-1-2-8-14(17)12-10-16-13-7-4-3-6-11(12)13/h3-4,6-7,10,16H,1-2,5,8H2. The molecular weight excluding hydrogens is 212 g/mol. The average Bonchev–Trinajstić information content (AvgIpc) is 2.78. The minimum Gasteiger partial charge on any atom is -0.360 e. The topological polar surface area (TPSA) is 56.6 Å². The maximum absolute atomic E-state index is 12.0. The van der Waals surface area contributed by atoms with E-state index in [0.717, 1.165) is 29.3 Å². The Hall–Kier alpha value is -2.08. The van der Waals surface area contributed by atoms with Crippen molar-refractivity contribution in [2.75, 3.05) is 0 Å². The fourth-order valence-corrected chi connectivity index (χ4v) is 1.93. The number of nitrogens with zero attached hydrogens (tertiary/aromatic N) is 1. The van der Waals surface area contributed by atoms with Crippen LogP contribution in [0.4, 0.5) is 0 Å². The van der Waals surface area contributed by atoms with Crippen LogP contribution >= 0.6 is 0 Å². The summed E-state index contributed by atoms with van der Waals surface area (Å²) in [6.07, 6.45) is 4.40. The average molecular weight is 226 g/mol. The van der Waals surface area contributed by atoms with Crippen LogP contribution in [-0.4, -0.2) is 10.8 Å². The summed E-state index contributed by atoms with van der Waals surface area (Å²) >= 11 is 0. The number of Topliss-reactive ketones (excluding diaryl/α,β-unsaturated/α-hetero) is 1. The molecule has 3 nitrogen and oxygen atoms in total.